The first-order chi connectivity index (χ1) is 9.33. The Bertz CT molecular complexity index is 581. The van der Waals surface area contributed by atoms with Crippen LogP contribution in [0.15, 0.2) is 30.5 Å². The number of para-hydroxylation sites is 1. The zero-order valence-electron chi connectivity index (χ0n) is 11.0. The first-order valence-electron chi connectivity index (χ1n) is 7.30. The van der Waals surface area contributed by atoms with Crippen molar-refractivity contribution < 1.29 is 5.11 Å². The molecule has 100 valence electrons. The summed E-state index contributed by atoms with van der Waals surface area (Å²) in [6, 6.07) is 8.74. The van der Waals surface area contributed by atoms with Crippen molar-refractivity contribution in [3.05, 3.63) is 36.0 Å². The van der Waals surface area contributed by atoms with Crippen molar-refractivity contribution >= 4 is 10.9 Å². The molecule has 0 radical (unpaired) electrons. The lowest BCUT2D eigenvalue weighted by atomic mass is 9.78. The van der Waals surface area contributed by atoms with Gasteiger partial charge in [0.1, 0.15) is 0 Å². The quantitative estimate of drug-likeness (QED) is 0.864. The Morgan fingerprint density at radius 2 is 2.00 bits per heavy atom. The molecule has 3 aliphatic heterocycles. The van der Waals surface area contributed by atoms with Crippen molar-refractivity contribution in [2.45, 2.75) is 31.4 Å². The molecule has 0 amide bonds. The fourth-order valence-electron chi connectivity index (χ4n) is 3.90. The third-order valence-corrected chi connectivity index (χ3v) is 5.02. The number of rotatable bonds is 2. The van der Waals surface area contributed by atoms with Crippen molar-refractivity contribution in [1.29, 1.82) is 0 Å². The lowest BCUT2D eigenvalue weighted by molar-refractivity contribution is -0.0714. The van der Waals surface area contributed by atoms with Crippen molar-refractivity contribution in [3.63, 3.8) is 0 Å². The number of benzene rings is 1. The predicted octanol–water partition coefficient (Wildman–Crippen LogP) is 2.17. The minimum atomic E-state index is -0.142. The van der Waals surface area contributed by atoms with Crippen LogP contribution in [0.5, 0.6) is 0 Å². The second-order valence-corrected chi connectivity index (χ2v) is 5.99. The Balaban J connectivity index is 1.64. The number of aromatic amines is 1. The monoisotopic (exact) mass is 256 g/mol. The number of hydrogen-bond acceptors (Lipinski definition) is 2. The zero-order chi connectivity index (χ0) is 12.8. The van der Waals surface area contributed by atoms with Crippen LogP contribution >= 0.6 is 0 Å². The Hall–Kier alpha value is -1.32. The van der Waals surface area contributed by atoms with Gasteiger partial charge in [0.25, 0.3) is 0 Å². The largest absolute Gasteiger partial charge is 0.391 e. The number of piperidine rings is 3. The van der Waals surface area contributed by atoms with E-state index >= 15 is 0 Å². The van der Waals surface area contributed by atoms with E-state index in [0.29, 0.717) is 12.0 Å². The van der Waals surface area contributed by atoms with E-state index in [4.69, 9.17) is 0 Å². The summed E-state index contributed by atoms with van der Waals surface area (Å²) < 4.78 is 0. The third kappa shape index (κ3) is 1.80. The number of H-pyrrole nitrogens is 1. The van der Waals surface area contributed by atoms with Crippen molar-refractivity contribution in [2.24, 2.45) is 5.92 Å². The van der Waals surface area contributed by atoms with Gasteiger partial charge in [-0.25, -0.2) is 0 Å². The molecule has 0 saturated carbocycles. The summed E-state index contributed by atoms with van der Waals surface area (Å²) >= 11 is 0. The molecule has 3 nitrogen and oxygen atoms in total. The van der Waals surface area contributed by atoms with Gasteiger partial charge in [0.15, 0.2) is 0 Å². The van der Waals surface area contributed by atoms with E-state index in [1.165, 1.54) is 29.3 Å². The average Bonchev–Trinajstić information content (AvgIpc) is 2.87. The lowest BCUT2D eigenvalue weighted by Crippen LogP contribution is -2.58. The highest BCUT2D eigenvalue weighted by molar-refractivity contribution is 5.83. The van der Waals surface area contributed by atoms with Gasteiger partial charge < -0.3 is 10.1 Å². The summed E-state index contributed by atoms with van der Waals surface area (Å²) in [5, 5.41) is 11.8. The zero-order valence-corrected chi connectivity index (χ0v) is 11.0. The number of nitrogens with zero attached hydrogens (tertiary/aromatic N) is 1. The summed E-state index contributed by atoms with van der Waals surface area (Å²) in [6.45, 7) is 2.32. The van der Waals surface area contributed by atoms with Crippen molar-refractivity contribution in [2.75, 3.05) is 13.1 Å². The smallest absolute Gasteiger partial charge is 0.0727 e. The number of hydrogen-bond donors (Lipinski definition) is 2. The second kappa shape index (κ2) is 4.36. The summed E-state index contributed by atoms with van der Waals surface area (Å²) in [6.07, 6.45) is 5.27. The van der Waals surface area contributed by atoms with Crippen LogP contribution in [0.1, 0.15) is 18.4 Å². The Labute approximate surface area is 113 Å². The molecule has 2 aromatic rings. The minimum absolute atomic E-state index is 0.142. The first kappa shape index (κ1) is 11.5. The van der Waals surface area contributed by atoms with Crippen molar-refractivity contribution in [1.82, 2.24) is 9.88 Å². The van der Waals surface area contributed by atoms with E-state index in [0.717, 1.165) is 19.5 Å². The van der Waals surface area contributed by atoms with E-state index in [2.05, 4.69) is 40.3 Å². The van der Waals surface area contributed by atoms with Gasteiger partial charge in [-0.1, -0.05) is 18.2 Å². The molecule has 3 fully saturated rings. The summed E-state index contributed by atoms with van der Waals surface area (Å²) in [5.74, 6) is 0.528. The van der Waals surface area contributed by atoms with Gasteiger partial charge >= 0.3 is 0 Å². The highest BCUT2D eigenvalue weighted by Crippen LogP contribution is 2.34. The molecule has 0 spiro atoms. The van der Waals surface area contributed by atoms with Crippen LogP contribution in [0.25, 0.3) is 10.9 Å². The standard InChI is InChI=1S/C16H20N2O/c19-16-11-5-7-18(8-6-11)15(16)9-12-10-17-14-4-2-1-3-13(12)14/h1-4,10-11,15-17,19H,5-9H2/t15-,16+/m0/s1. The Morgan fingerprint density at radius 3 is 2.79 bits per heavy atom. The molecule has 3 heteroatoms. The molecule has 3 saturated heterocycles. The van der Waals surface area contributed by atoms with Crippen LogP contribution in [-0.2, 0) is 6.42 Å². The van der Waals surface area contributed by atoms with Gasteiger partial charge in [0.2, 0.25) is 0 Å². The van der Waals surface area contributed by atoms with Crippen LogP contribution in [0, 0.1) is 5.92 Å². The lowest BCUT2D eigenvalue weighted by Gasteiger charge is -2.49. The molecular weight excluding hydrogens is 236 g/mol. The Kier molecular flexibility index (Phi) is 2.64. The molecule has 1 aromatic heterocycles. The van der Waals surface area contributed by atoms with Gasteiger partial charge in [-0.15, -0.1) is 0 Å². The summed E-state index contributed by atoms with van der Waals surface area (Å²) in [5.41, 5.74) is 2.54. The number of nitrogens with one attached hydrogen (secondary N) is 1. The van der Waals surface area contributed by atoms with Gasteiger partial charge in [-0.2, -0.15) is 0 Å². The number of aliphatic hydroxyl groups is 1. The maximum atomic E-state index is 10.5. The molecule has 2 atom stereocenters. The number of fused-ring (bicyclic) bond motifs is 4. The molecular formula is C16H20N2O. The highest BCUT2D eigenvalue weighted by atomic mass is 16.3. The van der Waals surface area contributed by atoms with Crippen molar-refractivity contribution in [3.8, 4) is 0 Å². The van der Waals surface area contributed by atoms with Gasteiger partial charge in [0.05, 0.1) is 6.10 Å². The average molecular weight is 256 g/mol. The van der Waals surface area contributed by atoms with E-state index in [9.17, 15) is 5.11 Å². The molecule has 0 aliphatic carbocycles. The molecule has 2 bridgehead atoms. The van der Waals surface area contributed by atoms with Gasteiger partial charge in [-0.3, -0.25) is 4.90 Å². The van der Waals surface area contributed by atoms with E-state index in [-0.39, 0.29) is 6.10 Å². The maximum Gasteiger partial charge on any atom is 0.0727 e. The first-order valence-corrected chi connectivity index (χ1v) is 7.30. The highest BCUT2D eigenvalue weighted by Gasteiger charge is 2.41. The Morgan fingerprint density at radius 1 is 1.21 bits per heavy atom. The molecule has 5 rings (SSSR count). The number of aliphatic hydroxyl groups excluding tert-OH is 1. The van der Waals surface area contributed by atoms with Crippen LogP contribution < -0.4 is 0 Å². The topological polar surface area (TPSA) is 39.3 Å². The molecule has 4 heterocycles. The molecule has 19 heavy (non-hydrogen) atoms. The van der Waals surface area contributed by atoms with Gasteiger partial charge in [-0.05, 0) is 49.9 Å². The second-order valence-electron chi connectivity index (χ2n) is 5.99. The predicted molar refractivity (Wildman–Crippen MR) is 76.1 cm³/mol. The van der Waals surface area contributed by atoms with Crippen LogP contribution in [0.3, 0.4) is 0 Å². The summed E-state index contributed by atoms with van der Waals surface area (Å²) in [7, 11) is 0. The molecule has 0 unspecified atom stereocenters. The molecule has 2 N–H and O–H groups in total. The molecule has 3 aliphatic rings. The summed E-state index contributed by atoms with van der Waals surface area (Å²) in [4.78, 5) is 5.82. The fourth-order valence-corrected chi connectivity index (χ4v) is 3.90. The fraction of sp³-hybridized carbons (Fsp3) is 0.500. The third-order valence-electron chi connectivity index (χ3n) is 5.02. The van der Waals surface area contributed by atoms with Crippen LogP contribution in [0.2, 0.25) is 0 Å². The van der Waals surface area contributed by atoms with Crippen LogP contribution in [-0.4, -0.2) is 40.2 Å². The van der Waals surface area contributed by atoms with Gasteiger partial charge in [0, 0.05) is 23.1 Å². The minimum Gasteiger partial charge on any atom is -0.391 e. The molecule has 1 aromatic carbocycles. The van der Waals surface area contributed by atoms with E-state index < -0.39 is 0 Å². The maximum absolute atomic E-state index is 10.5. The SMILES string of the molecule is O[C@@H]1C2CCN(CC2)[C@H]1Cc1c[nH]c2ccccc12. The van der Waals surface area contributed by atoms with E-state index in [1.807, 2.05) is 0 Å². The van der Waals surface area contributed by atoms with Crippen LogP contribution in [0.4, 0.5) is 0 Å². The van der Waals surface area contributed by atoms with E-state index in [1.54, 1.807) is 0 Å². The number of aromatic nitrogens is 1. The normalized spacial score (nSPS) is 33.9.